The molecule has 7 nitrogen and oxygen atoms in total. The smallest absolute Gasteiger partial charge is 0.317 e. The van der Waals surface area contributed by atoms with Crippen molar-refractivity contribution in [2.75, 3.05) is 13.1 Å². The maximum absolute atomic E-state index is 12.2. The van der Waals surface area contributed by atoms with E-state index < -0.39 is 11.9 Å². The average Bonchev–Trinajstić information content (AvgIpc) is 2.75. The van der Waals surface area contributed by atoms with Gasteiger partial charge in [0.1, 0.15) is 0 Å². The molecule has 1 fully saturated rings. The van der Waals surface area contributed by atoms with Crippen LogP contribution in [0.15, 0.2) is 6.20 Å². The average molecular weight is 294 g/mol. The first-order valence-corrected chi connectivity index (χ1v) is 7.11. The summed E-state index contributed by atoms with van der Waals surface area (Å²) in [5, 5.41) is 16.1. The van der Waals surface area contributed by atoms with Crippen LogP contribution in [0.2, 0.25) is 0 Å². The summed E-state index contributed by atoms with van der Waals surface area (Å²) in [4.78, 5) is 24.9. The van der Waals surface area contributed by atoms with Crippen LogP contribution in [0.5, 0.6) is 0 Å². The van der Waals surface area contributed by atoms with Crippen LogP contribution in [-0.4, -0.2) is 44.9 Å². The highest BCUT2D eigenvalue weighted by Crippen LogP contribution is 2.21. The first kappa shape index (κ1) is 15.3. The van der Waals surface area contributed by atoms with E-state index in [0.717, 1.165) is 11.3 Å². The minimum atomic E-state index is -0.831. The standard InChI is InChI=1S/C14H22N4O3/c1-9-4-11(13(19)20)8-18(7-9)14(21)15-5-12-6-16-17(3)10(12)2/h6,9,11H,4-5,7-8H2,1-3H3,(H,15,21)(H,19,20). The van der Waals surface area contributed by atoms with Crippen molar-refractivity contribution >= 4 is 12.0 Å². The van der Waals surface area contributed by atoms with Crippen molar-refractivity contribution in [3.63, 3.8) is 0 Å². The molecule has 1 aromatic heterocycles. The second-order valence-corrected chi connectivity index (χ2v) is 5.82. The number of urea groups is 1. The molecule has 116 valence electrons. The number of hydrogen-bond acceptors (Lipinski definition) is 3. The second kappa shape index (κ2) is 6.15. The molecule has 0 aliphatic carbocycles. The van der Waals surface area contributed by atoms with E-state index in [1.807, 2.05) is 20.9 Å². The second-order valence-electron chi connectivity index (χ2n) is 5.82. The van der Waals surface area contributed by atoms with E-state index in [-0.39, 0.29) is 18.5 Å². The molecule has 0 spiro atoms. The number of carboxylic acid groups (broad SMARTS) is 1. The van der Waals surface area contributed by atoms with Gasteiger partial charge in [0.15, 0.2) is 0 Å². The van der Waals surface area contributed by atoms with E-state index in [2.05, 4.69) is 10.4 Å². The molecule has 0 saturated carbocycles. The predicted octanol–water partition coefficient (Wildman–Crippen LogP) is 0.981. The molecule has 2 atom stereocenters. The molecule has 7 heteroatoms. The van der Waals surface area contributed by atoms with Crippen LogP contribution in [0.4, 0.5) is 4.79 Å². The molecule has 0 aromatic carbocycles. The zero-order chi connectivity index (χ0) is 15.6. The lowest BCUT2D eigenvalue weighted by atomic mass is 9.91. The quantitative estimate of drug-likeness (QED) is 0.870. The molecule has 0 radical (unpaired) electrons. The lowest BCUT2D eigenvalue weighted by Crippen LogP contribution is -2.49. The van der Waals surface area contributed by atoms with Crippen molar-refractivity contribution < 1.29 is 14.7 Å². The Hall–Kier alpha value is -2.05. The van der Waals surface area contributed by atoms with Crippen LogP contribution in [-0.2, 0) is 18.4 Å². The number of nitrogens with one attached hydrogen (secondary N) is 1. The Morgan fingerprint density at radius 1 is 1.48 bits per heavy atom. The summed E-state index contributed by atoms with van der Waals surface area (Å²) in [6, 6.07) is -0.212. The first-order chi connectivity index (χ1) is 9.88. The summed E-state index contributed by atoms with van der Waals surface area (Å²) >= 11 is 0. The van der Waals surface area contributed by atoms with Gasteiger partial charge in [-0.3, -0.25) is 9.48 Å². The molecule has 0 bridgehead atoms. The highest BCUT2D eigenvalue weighted by molar-refractivity contribution is 5.76. The molecule has 1 aliphatic heterocycles. The van der Waals surface area contributed by atoms with Gasteiger partial charge in [0, 0.05) is 37.9 Å². The summed E-state index contributed by atoms with van der Waals surface area (Å²) in [7, 11) is 1.85. The Kier molecular flexibility index (Phi) is 4.50. The number of carboxylic acids is 1. The maximum atomic E-state index is 12.2. The minimum Gasteiger partial charge on any atom is -0.481 e. The SMILES string of the molecule is Cc1c(CNC(=O)N2CC(C)CC(C(=O)O)C2)cnn1C. The molecule has 1 aromatic rings. The molecular formula is C14H22N4O3. The fourth-order valence-electron chi connectivity index (χ4n) is 2.70. The molecular weight excluding hydrogens is 272 g/mol. The lowest BCUT2D eigenvalue weighted by molar-refractivity contribution is -0.143. The summed E-state index contributed by atoms with van der Waals surface area (Å²) in [6.07, 6.45) is 2.36. The molecule has 1 aliphatic rings. The van der Waals surface area contributed by atoms with E-state index in [0.29, 0.717) is 19.5 Å². The van der Waals surface area contributed by atoms with Gasteiger partial charge in [-0.05, 0) is 19.3 Å². The van der Waals surface area contributed by atoms with Crippen LogP contribution >= 0.6 is 0 Å². The summed E-state index contributed by atoms with van der Waals surface area (Å²) in [5.41, 5.74) is 1.97. The third-order valence-corrected chi connectivity index (χ3v) is 4.06. The topological polar surface area (TPSA) is 87.5 Å². The molecule has 2 rings (SSSR count). The van der Waals surface area contributed by atoms with Gasteiger partial charge in [-0.25, -0.2) is 4.79 Å². The third-order valence-electron chi connectivity index (χ3n) is 4.06. The number of piperidine rings is 1. The van der Waals surface area contributed by atoms with Crippen molar-refractivity contribution in [1.29, 1.82) is 0 Å². The van der Waals surface area contributed by atoms with Crippen molar-refractivity contribution in [3.8, 4) is 0 Å². The normalized spacial score (nSPS) is 22.1. The van der Waals surface area contributed by atoms with Gasteiger partial charge in [0.05, 0.1) is 12.1 Å². The van der Waals surface area contributed by atoms with Gasteiger partial charge < -0.3 is 15.3 Å². The zero-order valence-corrected chi connectivity index (χ0v) is 12.7. The van der Waals surface area contributed by atoms with Gasteiger partial charge >= 0.3 is 12.0 Å². The van der Waals surface area contributed by atoms with Gasteiger partial charge in [0.2, 0.25) is 0 Å². The summed E-state index contributed by atoms with van der Waals surface area (Å²) in [5.74, 6) is -1.10. The highest BCUT2D eigenvalue weighted by Gasteiger charge is 2.31. The largest absolute Gasteiger partial charge is 0.481 e. The van der Waals surface area contributed by atoms with Crippen LogP contribution in [0.3, 0.4) is 0 Å². The van der Waals surface area contributed by atoms with E-state index in [9.17, 15) is 9.59 Å². The fourth-order valence-corrected chi connectivity index (χ4v) is 2.70. The zero-order valence-electron chi connectivity index (χ0n) is 12.7. The molecule has 2 heterocycles. The molecule has 2 unspecified atom stereocenters. The van der Waals surface area contributed by atoms with Crippen LogP contribution in [0.25, 0.3) is 0 Å². The van der Waals surface area contributed by atoms with Gasteiger partial charge in [0.25, 0.3) is 0 Å². The van der Waals surface area contributed by atoms with Crippen molar-refractivity contribution in [2.24, 2.45) is 18.9 Å². The number of carbonyl (C=O) groups excluding carboxylic acids is 1. The molecule has 2 amide bonds. The van der Waals surface area contributed by atoms with E-state index in [1.165, 1.54) is 0 Å². The van der Waals surface area contributed by atoms with E-state index in [1.54, 1.807) is 15.8 Å². The van der Waals surface area contributed by atoms with Crippen molar-refractivity contribution in [3.05, 3.63) is 17.5 Å². The number of rotatable bonds is 3. The number of aromatic nitrogens is 2. The predicted molar refractivity (Wildman–Crippen MR) is 76.7 cm³/mol. The van der Waals surface area contributed by atoms with E-state index >= 15 is 0 Å². The van der Waals surface area contributed by atoms with Crippen LogP contribution < -0.4 is 5.32 Å². The minimum absolute atomic E-state index is 0.200. The Bertz CT molecular complexity index is 540. The lowest BCUT2D eigenvalue weighted by Gasteiger charge is -2.34. The number of nitrogens with zero attached hydrogens (tertiary/aromatic N) is 3. The number of aryl methyl sites for hydroxylation is 1. The number of aliphatic carboxylic acids is 1. The number of carbonyl (C=O) groups is 2. The molecule has 1 saturated heterocycles. The molecule has 21 heavy (non-hydrogen) atoms. The van der Waals surface area contributed by atoms with Crippen molar-refractivity contribution in [1.82, 2.24) is 20.0 Å². The Morgan fingerprint density at radius 2 is 2.19 bits per heavy atom. The monoisotopic (exact) mass is 294 g/mol. The Balaban J connectivity index is 1.93. The number of amides is 2. The summed E-state index contributed by atoms with van der Waals surface area (Å²) < 4.78 is 1.75. The van der Waals surface area contributed by atoms with Crippen LogP contribution in [0, 0.1) is 18.8 Å². The number of likely N-dealkylation sites (tertiary alicyclic amines) is 1. The fraction of sp³-hybridized carbons (Fsp3) is 0.643. The van der Waals surface area contributed by atoms with Crippen LogP contribution in [0.1, 0.15) is 24.6 Å². The first-order valence-electron chi connectivity index (χ1n) is 7.11. The Labute approximate surface area is 123 Å². The van der Waals surface area contributed by atoms with Gasteiger partial charge in [-0.15, -0.1) is 0 Å². The molecule has 2 N–H and O–H groups in total. The van der Waals surface area contributed by atoms with Gasteiger partial charge in [-0.2, -0.15) is 5.10 Å². The van der Waals surface area contributed by atoms with Gasteiger partial charge in [-0.1, -0.05) is 6.92 Å². The summed E-state index contributed by atoms with van der Waals surface area (Å²) in [6.45, 7) is 5.19. The van der Waals surface area contributed by atoms with Crippen molar-refractivity contribution in [2.45, 2.75) is 26.8 Å². The maximum Gasteiger partial charge on any atom is 0.317 e. The highest BCUT2D eigenvalue weighted by atomic mass is 16.4. The van der Waals surface area contributed by atoms with E-state index in [4.69, 9.17) is 5.11 Å². The Morgan fingerprint density at radius 3 is 2.76 bits per heavy atom. The number of hydrogen-bond donors (Lipinski definition) is 2. The third kappa shape index (κ3) is 3.53.